The Morgan fingerprint density at radius 3 is 2.69 bits per heavy atom. The molecule has 2 amide bonds. The van der Waals surface area contributed by atoms with Gasteiger partial charge in [0.2, 0.25) is 0 Å². The van der Waals surface area contributed by atoms with Crippen LogP contribution in [0.1, 0.15) is 31.1 Å². The summed E-state index contributed by atoms with van der Waals surface area (Å²) < 4.78 is 16.1. The molecule has 1 saturated heterocycles. The van der Waals surface area contributed by atoms with Gasteiger partial charge < -0.3 is 15.1 Å². The second-order valence-corrected chi connectivity index (χ2v) is 10.1. The van der Waals surface area contributed by atoms with E-state index in [0.29, 0.717) is 19.6 Å². The van der Waals surface area contributed by atoms with Gasteiger partial charge >= 0.3 is 6.03 Å². The van der Waals surface area contributed by atoms with E-state index in [-0.39, 0.29) is 23.9 Å². The van der Waals surface area contributed by atoms with Crippen LogP contribution in [0.3, 0.4) is 0 Å². The summed E-state index contributed by atoms with van der Waals surface area (Å²) in [7, 11) is 1.92. The predicted octanol–water partition coefficient (Wildman–Crippen LogP) is 4.52. The molecule has 10 heteroatoms. The number of nitrogens with one attached hydrogen (secondary N) is 1. The Hall–Kier alpha value is -3.53. The first-order valence-corrected chi connectivity index (χ1v) is 12.4. The molecule has 5 rings (SSSR count). The molecule has 1 aliphatic heterocycles. The molecule has 1 fully saturated rings. The summed E-state index contributed by atoms with van der Waals surface area (Å²) >= 11 is 1.67. The maximum atomic E-state index is 13.2. The number of aromatic nitrogens is 4. The molecule has 0 aliphatic carbocycles. The van der Waals surface area contributed by atoms with Gasteiger partial charge in [-0.2, -0.15) is 5.10 Å². The molecule has 4 heterocycles. The molecule has 0 saturated carbocycles. The van der Waals surface area contributed by atoms with Crippen LogP contribution in [0.5, 0.6) is 0 Å². The first-order valence-electron chi connectivity index (χ1n) is 11.6. The molecular weight excluding hydrogens is 465 g/mol. The van der Waals surface area contributed by atoms with Crippen molar-refractivity contribution in [2.24, 2.45) is 7.05 Å². The number of halogens is 1. The lowest BCUT2D eigenvalue weighted by molar-refractivity contribution is 0.168. The van der Waals surface area contributed by atoms with Crippen LogP contribution in [-0.2, 0) is 7.05 Å². The Balaban J connectivity index is 1.31. The van der Waals surface area contributed by atoms with Gasteiger partial charge in [0.15, 0.2) is 0 Å². The normalized spacial score (nSPS) is 17.1. The number of rotatable bonds is 4. The Morgan fingerprint density at radius 2 is 2.00 bits per heavy atom. The SMILES string of the molecule is Cc1nn(C)cc1-c1cc2ncnc(N3CCN(C(=O)N[C@@H](C)c4ccc(F)cc4)[C@H](C)C3)c2s1. The van der Waals surface area contributed by atoms with Crippen LogP contribution in [0.25, 0.3) is 20.7 Å². The quantitative estimate of drug-likeness (QED) is 0.452. The molecule has 1 N–H and O–H groups in total. The molecular formula is C25H28FN7OS. The average molecular weight is 494 g/mol. The predicted molar refractivity (Wildman–Crippen MR) is 136 cm³/mol. The molecule has 182 valence electrons. The number of benzene rings is 1. The van der Waals surface area contributed by atoms with Crippen molar-refractivity contribution >= 4 is 33.4 Å². The fourth-order valence-corrected chi connectivity index (χ4v) is 5.79. The lowest BCUT2D eigenvalue weighted by atomic mass is 10.1. The van der Waals surface area contributed by atoms with Gasteiger partial charge in [-0.15, -0.1) is 11.3 Å². The first-order chi connectivity index (χ1) is 16.8. The smallest absolute Gasteiger partial charge is 0.318 e. The third-order valence-corrected chi connectivity index (χ3v) is 7.62. The van der Waals surface area contributed by atoms with Gasteiger partial charge in [-0.25, -0.2) is 19.2 Å². The number of fused-ring (bicyclic) bond motifs is 1. The molecule has 1 aliphatic rings. The van der Waals surface area contributed by atoms with Gasteiger partial charge in [0.05, 0.1) is 22.0 Å². The summed E-state index contributed by atoms with van der Waals surface area (Å²) in [6.07, 6.45) is 3.64. The van der Waals surface area contributed by atoms with Gasteiger partial charge in [-0.05, 0) is 44.5 Å². The molecule has 0 bridgehead atoms. The molecule has 0 spiro atoms. The van der Waals surface area contributed by atoms with Crippen molar-refractivity contribution in [1.82, 2.24) is 30.0 Å². The van der Waals surface area contributed by atoms with Crippen molar-refractivity contribution in [2.45, 2.75) is 32.9 Å². The van der Waals surface area contributed by atoms with Crippen molar-refractivity contribution in [3.8, 4) is 10.4 Å². The summed E-state index contributed by atoms with van der Waals surface area (Å²) in [5, 5.41) is 7.51. The number of anilines is 1. The number of piperazine rings is 1. The molecule has 8 nitrogen and oxygen atoms in total. The largest absolute Gasteiger partial charge is 0.351 e. The molecule has 0 unspecified atom stereocenters. The highest BCUT2D eigenvalue weighted by Crippen LogP contribution is 2.38. The number of aryl methyl sites for hydroxylation is 2. The second-order valence-electron chi connectivity index (χ2n) is 9.04. The number of thiophene rings is 1. The number of nitrogens with zero attached hydrogens (tertiary/aromatic N) is 6. The van der Waals surface area contributed by atoms with Crippen LogP contribution in [-0.4, -0.2) is 56.4 Å². The van der Waals surface area contributed by atoms with Crippen LogP contribution >= 0.6 is 11.3 Å². The minimum absolute atomic E-state index is 0.00539. The fourth-order valence-electron chi connectivity index (χ4n) is 4.60. The molecule has 1 aromatic carbocycles. The van der Waals surface area contributed by atoms with E-state index in [0.717, 1.165) is 37.7 Å². The monoisotopic (exact) mass is 493 g/mol. The summed E-state index contributed by atoms with van der Waals surface area (Å²) in [4.78, 5) is 27.3. The zero-order valence-electron chi connectivity index (χ0n) is 20.2. The third kappa shape index (κ3) is 4.58. The highest BCUT2D eigenvalue weighted by molar-refractivity contribution is 7.22. The number of urea groups is 1. The Bertz CT molecular complexity index is 1370. The lowest BCUT2D eigenvalue weighted by Crippen LogP contribution is -2.57. The minimum Gasteiger partial charge on any atom is -0.351 e. The van der Waals surface area contributed by atoms with E-state index >= 15 is 0 Å². The summed E-state index contributed by atoms with van der Waals surface area (Å²) in [5.41, 5.74) is 3.87. The maximum Gasteiger partial charge on any atom is 0.318 e. The zero-order chi connectivity index (χ0) is 24.7. The number of hydrogen-bond donors (Lipinski definition) is 1. The summed E-state index contributed by atoms with van der Waals surface area (Å²) in [6.45, 7) is 7.88. The summed E-state index contributed by atoms with van der Waals surface area (Å²) in [5.74, 6) is 0.615. The summed E-state index contributed by atoms with van der Waals surface area (Å²) in [6, 6.07) is 7.98. The standard InChI is InChI=1S/C25H28FN7OS/c1-15-12-32(9-10-33(15)25(34)29-16(2)18-5-7-19(26)8-6-18)24-23-21(27-14-28-24)11-22(35-23)20-13-31(4)30-17(20)3/h5-8,11,13-16H,9-10,12H2,1-4H3,(H,29,34)/t15-,16+/m1/s1. The number of amides is 2. The fraction of sp³-hybridized carbons (Fsp3) is 0.360. The molecule has 35 heavy (non-hydrogen) atoms. The van der Waals surface area contributed by atoms with Crippen molar-refractivity contribution in [3.63, 3.8) is 0 Å². The minimum atomic E-state index is -0.288. The van der Waals surface area contributed by atoms with Crippen LogP contribution in [0.15, 0.2) is 42.9 Å². The van der Waals surface area contributed by atoms with Gasteiger partial charge in [-0.1, -0.05) is 12.1 Å². The average Bonchev–Trinajstić information content (AvgIpc) is 3.41. The van der Waals surface area contributed by atoms with E-state index in [9.17, 15) is 9.18 Å². The van der Waals surface area contributed by atoms with E-state index < -0.39 is 0 Å². The first kappa shape index (κ1) is 23.2. The van der Waals surface area contributed by atoms with Crippen LogP contribution in [0.2, 0.25) is 0 Å². The maximum absolute atomic E-state index is 13.2. The van der Waals surface area contributed by atoms with Crippen molar-refractivity contribution in [3.05, 3.63) is 59.9 Å². The van der Waals surface area contributed by atoms with Gasteiger partial charge in [0.25, 0.3) is 0 Å². The molecule has 4 aromatic rings. The van der Waals surface area contributed by atoms with E-state index in [1.54, 1.807) is 29.8 Å². The van der Waals surface area contributed by atoms with Crippen molar-refractivity contribution in [1.29, 1.82) is 0 Å². The van der Waals surface area contributed by atoms with Crippen molar-refractivity contribution < 1.29 is 9.18 Å². The number of carbonyl (C=O) groups excluding carboxylic acids is 1. The van der Waals surface area contributed by atoms with Crippen LogP contribution in [0, 0.1) is 12.7 Å². The molecule has 2 atom stereocenters. The Kier molecular flexibility index (Phi) is 6.14. The van der Waals surface area contributed by atoms with Crippen LogP contribution in [0.4, 0.5) is 15.0 Å². The molecule has 0 radical (unpaired) electrons. The topological polar surface area (TPSA) is 79.2 Å². The number of hydrogen-bond acceptors (Lipinski definition) is 6. The Morgan fingerprint density at radius 1 is 1.23 bits per heavy atom. The Labute approximate surface area is 207 Å². The van der Waals surface area contributed by atoms with Gasteiger partial charge in [0.1, 0.15) is 18.0 Å². The van der Waals surface area contributed by atoms with E-state index in [1.165, 1.54) is 12.1 Å². The van der Waals surface area contributed by atoms with E-state index in [1.807, 2.05) is 43.6 Å². The second kappa shape index (κ2) is 9.26. The van der Waals surface area contributed by atoms with Gasteiger partial charge in [-0.3, -0.25) is 4.68 Å². The third-order valence-electron chi connectivity index (χ3n) is 6.47. The number of carbonyl (C=O) groups is 1. The lowest BCUT2D eigenvalue weighted by Gasteiger charge is -2.40. The highest BCUT2D eigenvalue weighted by Gasteiger charge is 2.30. The van der Waals surface area contributed by atoms with Crippen molar-refractivity contribution in [2.75, 3.05) is 24.5 Å². The highest BCUT2D eigenvalue weighted by atomic mass is 32.1. The van der Waals surface area contributed by atoms with E-state index in [4.69, 9.17) is 0 Å². The zero-order valence-corrected chi connectivity index (χ0v) is 21.0. The van der Waals surface area contributed by atoms with Crippen LogP contribution < -0.4 is 10.2 Å². The van der Waals surface area contributed by atoms with E-state index in [2.05, 4.69) is 31.3 Å². The molecule has 3 aromatic heterocycles. The van der Waals surface area contributed by atoms with Gasteiger partial charge in [0, 0.05) is 49.4 Å².